The van der Waals surface area contributed by atoms with Crippen molar-refractivity contribution in [3.8, 4) is 0 Å². The van der Waals surface area contributed by atoms with Crippen molar-refractivity contribution in [2.45, 2.75) is 45.6 Å². The zero-order valence-electron chi connectivity index (χ0n) is 14.4. The highest BCUT2D eigenvalue weighted by Gasteiger charge is 2.50. The van der Waals surface area contributed by atoms with Crippen molar-refractivity contribution < 1.29 is 19.1 Å². The normalized spacial score (nSPS) is 20.9. The fourth-order valence-electron chi connectivity index (χ4n) is 3.32. The lowest BCUT2D eigenvalue weighted by atomic mass is 9.82. The molecule has 1 N–H and O–H groups in total. The van der Waals surface area contributed by atoms with E-state index in [-0.39, 0.29) is 11.9 Å². The lowest BCUT2D eigenvalue weighted by Crippen LogP contribution is -2.48. The molecule has 1 amide bonds. The number of hydrogen-bond acceptors (Lipinski definition) is 5. The van der Waals surface area contributed by atoms with E-state index in [1.807, 2.05) is 6.92 Å². The van der Waals surface area contributed by atoms with Crippen LogP contribution in [0.1, 0.15) is 40.0 Å². The van der Waals surface area contributed by atoms with Crippen LogP contribution in [0.4, 0.5) is 0 Å². The number of ether oxygens (including phenoxy) is 2. The minimum absolute atomic E-state index is 0.171. The number of carbonyl (C=O) groups is 2. The van der Waals surface area contributed by atoms with Crippen molar-refractivity contribution in [2.75, 3.05) is 39.4 Å². The third kappa shape index (κ3) is 3.93. The van der Waals surface area contributed by atoms with Gasteiger partial charge in [0.1, 0.15) is 5.60 Å². The van der Waals surface area contributed by atoms with E-state index in [1.54, 1.807) is 6.92 Å². The van der Waals surface area contributed by atoms with Gasteiger partial charge in [0.2, 0.25) is 0 Å². The van der Waals surface area contributed by atoms with Gasteiger partial charge >= 0.3 is 5.97 Å². The smallest absolute Gasteiger partial charge is 0.335 e. The Labute approximate surface area is 138 Å². The van der Waals surface area contributed by atoms with Crippen molar-refractivity contribution in [1.29, 1.82) is 0 Å². The molecule has 1 fully saturated rings. The molecule has 0 aliphatic carbocycles. The van der Waals surface area contributed by atoms with E-state index in [0.717, 1.165) is 26.1 Å². The average molecular weight is 324 g/mol. The van der Waals surface area contributed by atoms with Crippen molar-refractivity contribution in [1.82, 2.24) is 10.2 Å². The van der Waals surface area contributed by atoms with Gasteiger partial charge in [0.15, 0.2) is 0 Å². The highest BCUT2D eigenvalue weighted by molar-refractivity contribution is 6.07. The molecular formula is C17H28N2O4. The fourth-order valence-corrected chi connectivity index (χ4v) is 3.32. The van der Waals surface area contributed by atoms with Gasteiger partial charge in [-0.05, 0) is 26.8 Å². The van der Waals surface area contributed by atoms with Gasteiger partial charge in [-0.3, -0.25) is 4.79 Å². The molecule has 0 aromatic heterocycles. The van der Waals surface area contributed by atoms with Gasteiger partial charge in [0.05, 0.1) is 5.57 Å². The third-order valence-electron chi connectivity index (χ3n) is 4.72. The first-order valence-electron chi connectivity index (χ1n) is 8.57. The molecule has 2 heterocycles. The summed E-state index contributed by atoms with van der Waals surface area (Å²) in [5, 5.41) is 2.91. The molecule has 2 rings (SSSR count). The van der Waals surface area contributed by atoms with Crippen LogP contribution in [0.3, 0.4) is 0 Å². The molecule has 23 heavy (non-hydrogen) atoms. The molecule has 1 saturated heterocycles. The van der Waals surface area contributed by atoms with Crippen LogP contribution in [0.2, 0.25) is 0 Å². The number of nitrogens with zero attached hydrogens (tertiary/aromatic N) is 1. The summed E-state index contributed by atoms with van der Waals surface area (Å²) < 4.78 is 10.9. The first-order chi connectivity index (χ1) is 11.0. The predicted molar refractivity (Wildman–Crippen MR) is 87.0 cm³/mol. The summed E-state index contributed by atoms with van der Waals surface area (Å²) in [6, 6.07) is 0. The number of nitrogens with one attached hydrogen (secondary N) is 1. The molecular weight excluding hydrogens is 296 g/mol. The SMILES string of the molecule is CCOCCCNC(=O)C1=C(C)C(=O)OC12CCN(CC)CC2. The van der Waals surface area contributed by atoms with Crippen molar-refractivity contribution >= 4 is 11.9 Å². The third-order valence-corrected chi connectivity index (χ3v) is 4.72. The molecule has 6 nitrogen and oxygen atoms in total. The van der Waals surface area contributed by atoms with Crippen molar-refractivity contribution in [2.24, 2.45) is 0 Å². The minimum atomic E-state index is -0.725. The number of esters is 1. The van der Waals surface area contributed by atoms with Crippen LogP contribution in [-0.2, 0) is 19.1 Å². The molecule has 6 heteroatoms. The molecule has 2 aliphatic rings. The maximum atomic E-state index is 12.6. The maximum absolute atomic E-state index is 12.6. The van der Waals surface area contributed by atoms with Crippen LogP contribution in [0.15, 0.2) is 11.1 Å². The molecule has 0 radical (unpaired) electrons. The van der Waals surface area contributed by atoms with Crippen LogP contribution in [0, 0.1) is 0 Å². The van der Waals surface area contributed by atoms with E-state index in [1.165, 1.54) is 0 Å². The molecule has 0 atom stereocenters. The Kier molecular flexibility index (Phi) is 6.18. The molecule has 0 bridgehead atoms. The summed E-state index contributed by atoms with van der Waals surface area (Å²) in [7, 11) is 0. The highest BCUT2D eigenvalue weighted by Crippen LogP contribution is 2.40. The van der Waals surface area contributed by atoms with Crippen molar-refractivity contribution in [3.05, 3.63) is 11.1 Å². The quantitative estimate of drug-likeness (QED) is 0.564. The summed E-state index contributed by atoms with van der Waals surface area (Å²) in [4.78, 5) is 26.9. The predicted octanol–water partition coefficient (Wildman–Crippen LogP) is 1.26. The van der Waals surface area contributed by atoms with E-state index < -0.39 is 5.60 Å². The van der Waals surface area contributed by atoms with Crippen molar-refractivity contribution in [3.63, 3.8) is 0 Å². The van der Waals surface area contributed by atoms with Gasteiger partial charge in [-0.1, -0.05) is 6.92 Å². The maximum Gasteiger partial charge on any atom is 0.335 e. The topological polar surface area (TPSA) is 67.9 Å². The van der Waals surface area contributed by atoms with E-state index in [0.29, 0.717) is 43.7 Å². The van der Waals surface area contributed by atoms with Gasteiger partial charge in [-0.2, -0.15) is 0 Å². The number of amides is 1. The summed E-state index contributed by atoms with van der Waals surface area (Å²) in [5.41, 5.74) is 0.267. The van der Waals surface area contributed by atoms with Gasteiger partial charge < -0.3 is 19.7 Å². The Hall–Kier alpha value is -1.40. The second-order valence-corrected chi connectivity index (χ2v) is 6.12. The molecule has 2 aliphatic heterocycles. The second kappa shape index (κ2) is 7.93. The first-order valence-corrected chi connectivity index (χ1v) is 8.57. The van der Waals surface area contributed by atoms with Crippen LogP contribution < -0.4 is 5.32 Å². The van der Waals surface area contributed by atoms with Gasteiger partial charge in [-0.25, -0.2) is 4.79 Å². The summed E-state index contributed by atoms with van der Waals surface area (Å²) in [6.07, 6.45) is 2.13. The molecule has 0 unspecified atom stereocenters. The molecule has 0 saturated carbocycles. The monoisotopic (exact) mass is 324 g/mol. The van der Waals surface area contributed by atoms with Gasteiger partial charge in [0.25, 0.3) is 5.91 Å². The van der Waals surface area contributed by atoms with E-state index in [9.17, 15) is 9.59 Å². The first kappa shape index (κ1) is 17.9. The Morgan fingerprint density at radius 1 is 1.35 bits per heavy atom. The largest absolute Gasteiger partial charge is 0.450 e. The van der Waals surface area contributed by atoms with E-state index in [2.05, 4.69) is 17.1 Å². The average Bonchev–Trinajstić information content (AvgIpc) is 2.78. The van der Waals surface area contributed by atoms with E-state index >= 15 is 0 Å². The van der Waals surface area contributed by atoms with Crippen LogP contribution in [0.25, 0.3) is 0 Å². The van der Waals surface area contributed by atoms with Crippen LogP contribution >= 0.6 is 0 Å². The highest BCUT2D eigenvalue weighted by atomic mass is 16.6. The van der Waals surface area contributed by atoms with Gasteiger partial charge in [0, 0.05) is 51.3 Å². The summed E-state index contributed by atoms with van der Waals surface area (Å²) in [5.74, 6) is -0.524. The summed E-state index contributed by atoms with van der Waals surface area (Å²) >= 11 is 0. The molecule has 130 valence electrons. The van der Waals surface area contributed by atoms with Crippen LogP contribution in [-0.4, -0.2) is 61.8 Å². The van der Waals surface area contributed by atoms with E-state index in [4.69, 9.17) is 9.47 Å². The number of rotatable bonds is 7. The molecule has 0 aromatic rings. The zero-order valence-corrected chi connectivity index (χ0v) is 14.4. The Bertz CT molecular complexity index is 479. The standard InChI is InChI=1S/C17H28N2O4/c1-4-19-10-7-17(8-11-19)14(13(3)16(21)23-17)15(20)18-9-6-12-22-5-2/h4-12H2,1-3H3,(H,18,20). The number of piperidine rings is 1. The lowest BCUT2D eigenvalue weighted by molar-refractivity contribution is -0.150. The number of carbonyl (C=O) groups excluding carboxylic acids is 2. The number of hydrogen-bond donors (Lipinski definition) is 1. The molecule has 0 aromatic carbocycles. The second-order valence-electron chi connectivity index (χ2n) is 6.12. The van der Waals surface area contributed by atoms with Gasteiger partial charge in [-0.15, -0.1) is 0 Å². The Morgan fingerprint density at radius 2 is 2.04 bits per heavy atom. The Balaban J connectivity index is 2.01. The minimum Gasteiger partial charge on any atom is -0.450 e. The molecule has 1 spiro atoms. The fraction of sp³-hybridized carbons (Fsp3) is 0.765. The zero-order chi connectivity index (χ0) is 16.9. The lowest BCUT2D eigenvalue weighted by Gasteiger charge is -2.39. The summed E-state index contributed by atoms with van der Waals surface area (Å²) in [6.45, 7) is 10.3. The van der Waals surface area contributed by atoms with Crippen LogP contribution in [0.5, 0.6) is 0 Å². The number of likely N-dealkylation sites (tertiary alicyclic amines) is 1. The Morgan fingerprint density at radius 3 is 2.65 bits per heavy atom.